The van der Waals surface area contributed by atoms with Gasteiger partial charge in [0.1, 0.15) is 5.82 Å². The highest BCUT2D eigenvalue weighted by atomic mass is 35.5. The van der Waals surface area contributed by atoms with Crippen LogP contribution in [0.3, 0.4) is 0 Å². The molecule has 29 heavy (non-hydrogen) atoms. The van der Waals surface area contributed by atoms with E-state index in [2.05, 4.69) is 15.4 Å². The normalized spacial score (nSPS) is 16.3. The van der Waals surface area contributed by atoms with Crippen LogP contribution in [0.2, 0.25) is 0 Å². The van der Waals surface area contributed by atoms with E-state index in [0.29, 0.717) is 30.8 Å². The number of amides is 1. The van der Waals surface area contributed by atoms with E-state index in [1.807, 2.05) is 37.9 Å². The van der Waals surface area contributed by atoms with E-state index in [-0.39, 0.29) is 42.6 Å². The van der Waals surface area contributed by atoms with Crippen molar-refractivity contribution in [2.24, 2.45) is 7.05 Å². The van der Waals surface area contributed by atoms with Crippen LogP contribution in [-0.4, -0.2) is 45.2 Å². The topological polar surface area (TPSA) is 63.1 Å². The molecule has 1 fully saturated rings. The van der Waals surface area contributed by atoms with Gasteiger partial charge in [0.15, 0.2) is 5.65 Å². The van der Waals surface area contributed by atoms with Crippen molar-refractivity contribution in [3.8, 4) is 0 Å². The number of nitrogens with one attached hydrogen (secondary N) is 1. The quantitative estimate of drug-likeness (QED) is 0.664. The monoisotopic (exact) mass is 439 g/mol. The third-order valence-electron chi connectivity index (χ3n) is 5.06. The van der Waals surface area contributed by atoms with Crippen molar-refractivity contribution < 1.29 is 9.18 Å². The van der Waals surface area contributed by atoms with Crippen molar-refractivity contribution in [3.63, 3.8) is 0 Å². The van der Waals surface area contributed by atoms with Gasteiger partial charge < -0.3 is 10.2 Å². The van der Waals surface area contributed by atoms with E-state index in [0.717, 1.165) is 22.3 Å². The summed E-state index contributed by atoms with van der Waals surface area (Å²) in [7, 11) is 1.83. The molecule has 0 bridgehead atoms. The number of nitrogens with zero attached hydrogens (tertiary/aromatic N) is 4. The minimum atomic E-state index is -0.296. The lowest BCUT2D eigenvalue weighted by molar-refractivity contribution is 0.0635. The summed E-state index contributed by atoms with van der Waals surface area (Å²) in [5, 5.41) is 8.52. The van der Waals surface area contributed by atoms with Crippen molar-refractivity contribution in [1.29, 1.82) is 0 Å². The molecule has 156 valence electrons. The van der Waals surface area contributed by atoms with Crippen LogP contribution in [-0.2, 0) is 7.05 Å². The lowest BCUT2D eigenvalue weighted by atomic mass is 10.0. The predicted molar refractivity (Wildman–Crippen MR) is 116 cm³/mol. The van der Waals surface area contributed by atoms with Gasteiger partial charge in [0.05, 0.1) is 22.7 Å². The molecule has 3 heterocycles. The highest BCUT2D eigenvalue weighted by Gasteiger charge is 2.31. The third-order valence-corrected chi connectivity index (χ3v) is 5.06. The van der Waals surface area contributed by atoms with Crippen molar-refractivity contribution >= 4 is 41.8 Å². The third kappa shape index (κ3) is 4.22. The number of hydrogen-bond acceptors (Lipinski definition) is 4. The van der Waals surface area contributed by atoms with Gasteiger partial charge in [0, 0.05) is 32.4 Å². The Balaban J connectivity index is 0.00000150. The van der Waals surface area contributed by atoms with Crippen molar-refractivity contribution in [2.45, 2.75) is 19.9 Å². The number of aryl methyl sites for hydroxylation is 3. The maximum absolute atomic E-state index is 13.7. The molecule has 1 saturated heterocycles. The second-order valence-corrected chi connectivity index (χ2v) is 6.99. The molecule has 1 aliphatic heterocycles. The van der Waals surface area contributed by atoms with E-state index in [1.54, 1.807) is 10.7 Å². The molecular formula is C20H24Cl2FN5O. The molecule has 1 aromatic carbocycles. The number of pyridine rings is 1. The highest BCUT2D eigenvalue weighted by Crippen LogP contribution is 2.28. The zero-order valence-electron chi connectivity index (χ0n) is 16.5. The first-order chi connectivity index (χ1) is 13.0. The number of carbonyl (C=O) groups excluding carboxylic acids is 1. The zero-order valence-corrected chi connectivity index (χ0v) is 18.1. The minimum absolute atomic E-state index is 0. The Bertz CT molecular complexity index is 1040. The number of fused-ring (bicyclic) bond motifs is 1. The molecular weight excluding hydrogens is 416 g/mol. The average molecular weight is 440 g/mol. The Hall–Kier alpha value is -2.22. The highest BCUT2D eigenvalue weighted by molar-refractivity contribution is 6.06. The molecule has 1 N–H and O–H groups in total. The van der Waals surface area contributed by atoms with E-state index < -0.39 is 0 Å². The Kier molecular flexibility index (Phi) is 7.21. The van der Waals surface area contributed by atoms with Gasteiger partial charge in [-0.15, -0.1) is 24.8 Å². The number of piperazine rings is 1. The SMILES string of the molecule is Cc1cc(C(=O)N2CCNCC2c2cccc(F)c2)c2c(C)nn(C)c2n1.Cl.Cl. The molecule has 0 spiro atoms. The largest absolute Gasteiger partial charge is 0.329 e. The Morgan fingerprint density at radius 2 is 2.00 bits per heavy atom. The van der Waals surface area contributed by atoms with Gasteiger partial charge in [0.25, 0.3) is 5.91 Å². The van der Waals surface area contributed by atoms with Gasteiger partial charge in [-0.1, -0.05) is 12.1 Å². The first-order valence-electron chi connectivity index (χ1n) is 9.04. The number of aromatic nitrogens is 3. The molecule has 1 unspecified atom stereocenters. The van der Waals surface area contributed by atoms with Crippen LogP contribution in [0.25, 0.3) is 11.0 Å². The fourth-order valence-electron chi connectivity index (χ4n) is 3.85. The van der Waals surface area contributed by atoms with Gasteiger partial charge in [-0.25, -0.2) is 9.37 Å². The predicted octanol–water partition coefficient (Wildman–Crippen LogP) is 3.35. The molecule has 2 aromatic heterocycles. The maximum atomic E-state index is 13.7. The first-order valence-corrected chi connectivity index (χ1v) is 9.04. The van der Waals surface area contributed by atoms with Crippen molar-refractivity contribution in [3.05, 3.63) is 58.7 Å². The van der Waals surface area contributed by atoms with Crippen LogP contribution in [0.5, 0.6) is 0 Å². The minimum Gasteiger partial charge on any atom is -0.329 e. The van der Waals surface area contributed by atoms with E-state index in [1.165, 1.54) is 12.1 Å². The van der Waals surface area contributed by atoms with Crippen LogP contribution < -0.4 is 5.32 Å². The number of hydrogen-bond donors (Lipinski definition) is 1. The summed E-state index contributed by atoms with van der Waals surface area (Å²) >= 11 is 0. The maximum Gasteiger partial charge on any atom is 0.255 e. The molecule has 6 nitrogen and oxygen atoms in total. The molecule has 3 aromatic rings. The van der Waals surface area contributed by atoms with Gasteiger partial charge >= 0.3 is 0 Å². The molecule has 0 aliphatic carbocycles. The van der Waals surface area contributed by atoms with Gasteiger partial charge in [-0.3, -0.25) is 9.48 Å². The fraction of sp³-hybridized carbons (Fsp3) is 0.350. The van der Waals surface area contributed by atoms with Gasteiger partial charge in [0.2, 0.25) is 0 Å². The smallest absolute Gasteiger partial charge is 0.255 e. The van der Waals surface area contributed by atoms with Crippen LogP contribution in [0.1, 0.15) is 33.4 Å². The molecule has 0 saturated carbocycles. The molecule has 4 rings (SSSR count). The summed E-state index contributed by atoms with van der Waals surface area (Å²) in [6.45, 7) is 5.62. The molecule has 0 radical (unpaired) electrons. The number of benzene rings is 1. The number of rotatable bonds is 2. The van der Waals surface area contributed by atoms with Crippen LogP contribution in [0.15, 0.2) is 30.3 Å². The van der Waals surface area contributed by atoms with E-state index >= 15 is 0 Å². The fourth-order valence-corrected chi connectivity index (χ4v) is 3.85. The van der Waals surface area contributed by atoms with Gasteiger partial charge in [-0.2, -0.15) is 5.10 Å². The summed E-state index contributed by atoms with van der Waals surface area (Å²) in [4.78, 5) is 19.9. The Morgan fingerprint density at radius 1 is 1.24 bits per heavy atom. The van der Waals surface area contributed by atoms with E-state index in [4.69, 9.17) is 0 Å². The number of carbonyl (C=O) groups is 1. The summed E-state index contributed by atoms with van der Waals surface area (Å²) < 4.78 is 15.5. The lowest BCUT2D eigenvalue weighted by Crippen LogP contribution is -2.48. The second kappa shape index (κ2) is 9.07. The van der Waals surface area contributed by atoms with Gasteiger partial charge in [-0.05, 0) is 37.6 Å². The number of halogens is 3. The summed E-state index contributed by atoms with van der Waals surface area (Å²) in [5.41, 5.74) is 3.65. The second-order valence-electron chi connectivity index (χ2n) is 6.99. The van der Waals surface area contributed by atoms with E-state index in [9.17, 15) is 9.18 Å². The van der Waals surface area contributed by atoms with Crippen LogP contribution in [0.4, 0.5) is 4.39 Å². The van der Waals surface area contributed by atoms with Crippen LogP contribution >= 0.6 is 24.8 Å². The first kappa shape index (κ1) is 23.1. The summed E-state index contributed by atoms with van der Waals surface area (Å²) in [6, 6.07) is 8.07. The summed E-state index contributed by atoms with van der Waals surface area (Å²) in [6.07, 6.45) is 0. The molecule has 1 atom stereocenters. The summed E-state index contributed by atoms with van der Waals surface area (Å²) in [5.74, 6) is -0.368. The van der Waals surface area contributed by atoms with Crippen molar-refractivity contribution in [2.75, 3.05) is 19.6 Å². The van der Waals surface area contributed by atoms with Crippen LogP contribution in [0, 0.1) is 19.7 Å². The Labute approximate surface area is 181 Å². The molecule has 1 amide bonds. The Morgan fingerprint density at radius 3 is 2.72 bits per heavy atom. The standard InChI is InChI=1S/C20H22FN5O.2ClH/c1-12-9-16(18-13(2)24-25(3)19(18)23-12)20(27)26-8-7-22-11-17(26)14-5-4-6-15(21)10-14;;/h4-6,9-10,17,22H,7-8,11H2,1-3H3;2*1H. The van der Waals surface area contributed by atoms with Crippen molar-refractivity contribution in [1.82, 2.24) is 25.0 Å². The zero-order chi connectivity index (χ0) is 19.1. The molecule has 9 heteroatoms. The lowest BCUT2D eigenvalue weighted by Gasteiger charge is -2.36. The molecule has 1 aliphatic rings. The average Bonchev–Trinajstić information content (AvgIpc) is 2.94.